The average Bonchev–Trinajstić information content (AvgIpc) is 2.78. The summed E-state index contributed by atoms with van der Waals surface area (Å²) in [6.45, 7) is 7.04. The highest BCUT2D eigenvalue weighted by molar-refractivity contribution is 5.81. The molecule has 1 atom stereocenters. The molecule has 0 saturated heterocycles. The molecule has 0 aromatic carbocycles. The number of hydrogen-bond donors (Lipinski definition) is 2. The molecule has 4 heteroatoms. The molecule has 17 heavy (non-hydrogen) atoms. The normalized spacial score (nSPS) is 11.9. The Hall–Kier alpha value is -1.55. The summed E-state index contributed by atoms with van der Waals surface area (Å²) in [6.07, 6.45) is 3.65. The van der Waals surface area contributed by atoms with Crippen LogP contribution in [0.5, 0.6) is 0 Å². The Labute approximate surface area is 102 Å². The second-order valence-electron chi connectivity index (χ2n) is 4.21. The Morgan fingerprint density at radius 1 is 1.53 bits per heavy atom. The van der Waals surface area contributed by atoms with Gasteiger partial charge in [-0.2, -0.15) is 0 Å². The lowest BCUT2D eigenvalue weighted by Crippen LogP contribution is -2.41. The first-order valence-electron chi connectivity index (χ1n) is 5.76. The Morgan fingerprint density at radius 3 is 2.88 bits per heavy atom. The molecule has 1 amide bonds. The number of amides is 1. The first-order valence-corrected chi connectivity index (χ1v) is 5.76. The minimum atomic E-state index is -0.208. The van der Waals surface area contributed by atoms with Crippen LogP contribution < -0.4 is 10.6 Å². The molecule has 0 radical (unpaired) electrons. The van der Waals surface area contributed by atoms with Gasteiger partial charge in [-0.05, 0) is 32.9 Å². The topological polar surface area (TPSA) is 54.3 Å². The number of carbonyl (C=O) groups is 1. The van der Waals surface area contributed by atoms with E-state index in [-0.39, 0.29) is 11.9 Å². The fraction of sp³-hybridized carbons (Fsp3) is 0.462. The van der Waals surface area contributed by atoms with Crippen LogP contribution in [0.1, 0.15) is 26.5 Å². The molecular weight excluding hydrogens is 216 g/mol. The number of furan rings is 1. The van der Waals surface area contributed by atoms with E-state index >= 15 is 0 Å². The summed E-state index contributed by atoms with van der Waals surface area (Å²) in [6, 6.07) is 3.43. The second kappa shape index (κ2) is 6.91. The molecule has 94 valence electrons. The average molecular weight is 236 g/mol. The van der Waals surface area contributed by atoms with Crippen LogP contribution in [-0.4, -0.2) is 18.5 Å². The van der Waals surface area contributed by atoms with E-state index in [1.165, 1.54) is 5.57 Å². The van der Waals surface area contributed by atoms with E-state index in [0.29, 0.717) is 13.1 Å². The van der Waals surface area contributed by atoms with Crippen molar-refractivity contribution in [3.05, 3.63) is 35.8 Å². The Balaban J connectivity index is 2.25. The van der Waals surface area contributed by atoms with Crippen molar-refractivity contribution >= 4 is 5.91 Å². The molecule has 0 aliphatic heterocycles. The number of nitrogens with one attached hydrogen (secondary N) is 2. The number of rotatable bonds is 6. The zero-order valence-corrected chi connectivity index (χ0v) is 10.6. The fourth-order valence-corrected chi connectivity index (χ4v) is 1.27. The Kier molecular flexibility index (Phi) is 5.49. The molecule has 1 aromatic heterocycles. The van der Waals surface area contributed by atoms with Crippen LogP contribution >= 0.6 is 0 Å². The van der Waals surface area contributed by atoms with E-state index in [1.807, 2.05) is 26.8 Å². The molecule has 0 aliphatic carbocycles. The maximum absolute atomic E-state index is 11.7. The van der Waals surface area contributed by atoms with E-state index < -0.39 is 0 Å². The summed E-state index contributed by atoms with van der Waals surface area (Å²) in [5.41, 5.74) is 1.24. The smallest absolute Gasteiger partial charge is 0.237 e. The third kappa shape index (κ3) is 5.36. The van der Waals surface area contributed by atoms with Crippen LogP contribution in [0.2, 0.25) is 0 Å². The quantitative estimate of drug-likeness (QED) is 0.741. The van der Waals surface area contributed by atoms with Gasteiger partial charge in [0.05, 0.1) is 18.8 Å². The van der Waals surface area contributed by atoms with Crippen molar-refractivity contribution in [2.75, 3.05) is 6.54 Å². The number of hydrogen-bond acceptors (Lipinski definition) is 3. The summed E-state index contributed by atoms with van der Waals surface area (Å²) in [5.74, 6) is 0.735. The lowest BCUT2D eigenvalue weighted by Gasteiger charge is -2.12. The maximum atomic E-state index is 11.7. The van der Waals surface area contributed by atoms with Gasteiger partial charge in [-0.3, -0.25) is 4.79 Å². The largest absolute Gasteiger partial charge is 0.467 e. The standard InChI is InChI=1S/C13H20N2O2/c1-10(2)6-7-14-11(3)13(16)15-9-12-5-4-8-17-12/h4-6,8,11,14H,7,9H2,1-3H3,(H,15,16). The first-order chi connectivity index (χ1) is 8.09. The van der Waals surface area contributed by atoms with Crippen LogP contribution in [0.3, 0.4) is 0 Å². The molecule has 1 unspecified atom stereocenters. The third-order valence-electron chi connectivity index (χ3n) is 2.34. The highest BCUT2D eigenvalue weighted by Crippen LogP contribution is 1.98. The van der Waals surface area contributed by atoms with Gasteiger partial charge in [0.15, 0.2) is 0 Å². The van der Waals surface area contributed by atoms with E-state index in [0.717, 1.165) is 5.76 Å². The zero-order valence-electron chi connectivity index (χ0n) is 10.6. The summed E-state index contributed by atoms with van der Waals surface area (Å²) in [5, 5.41) is 5.93. The monoisotopic (exact) mass is 236 g/mol. The van der Waals surface area contributed by atoms with Crippen LogP contribution in [-0.2, 0) is 11.3 Å². The highest BCUT2D eigenvalue weighted by atomic mass is 16.3. The van der Waals surface area contributed by atoms with Crippen molar-refractivity contribution in [1.29, 1.82) is 0 Å². The Bertz CT molecular complexity index is 365. The van der Waals surface area contributed by atoms with Gasteiger partial charge >= 0.3 is 0 Å². The number of allylic oxidation sites excluding steroid dienone is 1. The van der Waals surface area contributed by atoms with E-state index in [2.05, 4.69) is 16.7 Å². The zero-order chi connectivity index (χ0) is 12.7. The second-order valence-corrected chi connectivity index (χ2v) is 4.21. The minimum absolute atomic E-state index is 0.0245. The van der Waals surface area contributed by atoms with E-state index in [9.17, 15) is 4.79 Å². The van der Waals surface area contributed by atoms with Crippen LogP contribution in [0.25, 0.3) is 0 Å². The molecular formula is C13H20N2O2. The third-order valence-corrected chi connectivity index (χ3v) is 2.34. The molecule has 0 aliphatic rings. The maximum Gasteiger partial charge on any atom is 0.237 e. The minimum Gasteiger partial charge on any atom is -0.467 e. The van der Waals surface area contributed by atoms with Gasteiger partial charge in [0, 0.05) is 6.54 Å². The lowest BCUT2D eigenvalue weighted by atomic mass is 10.3. The predicted molar refractivity (Wildman–Crippen MR) is 67.5 cm³/mol. The van der Waals surface area contributed by atoms with E-state index in [4.69, 9.17) is 4.42 Å². The van der Waals surface area contributed by atoms with Crippen molar-refractivity contribution < 1.29 is 9.21 Å². The summed E-state index contributed by atoms with van der Waals surface area (Å²) < 4.78 is 5.13. The van der Waals surface area contributed by atoms with Gasteiger partial charge in [0.25, 0.3) is 0 Å². The molecule has 0 bridgehead atoms. The molecule has 0 fully saturated rings. The first kappa shape index (κ1) is 13.5. The van der Waals surface area contributed by atoms with Crippen molar-refractivity contribution in [3.63, 3.8) is 0 Å². The molecule has 1 heterocycles. The molecule has 0 saturated carbocycles. The van der Waals surface area contributed by atoms with Crippen molar-refractivity contribution in [2.45, 2.75) is 33.4 Å². The van der Waals surface area contributed by atoms with Gasteiger partial charge in [-0.25, -0.2) is 0 Å². The summed E-state index contributed by atoms with van der Waals surface area (Å²) in [7, 11) is 0. The molecule has 1 aromatic rings. The van der Waals surface area contributed by atoms with Gasteiger partial charge in [-0.15, -0.1) is 0 Å². The van der Waals surface area contributed by atoms with Crippen LogP contribution in [0.15, 0.2) is 34.5 Å². The molecule has 1 rings (SSSR count). The predicted octanol–water partition coefficient (Wildman–Crippen LogP) is 1.84. The van der Waals surface area contributed by atoms with Crippen molar-refractivity contribution in [1.82, 2.24) is 10.6 Å². The van der Waals surface area contributed by atoms with Gasteiger partial charge in [-0.1, -0.05) is 11.6 Å². The van der Waals surface area contributed by atoms with Crippen LogP contribution in [0, 0.1) is 0 Å². The SMILES string of the molecule is CC(C)=CCNC(C)C(=O)NCc1ccco1. The van der Waals surface area contributed by atoms with Crippen LogP contribution in [0.4, 0.5) is 0 Å². The number of carbonyl (C=O) groups excluding carboxylic acids is 1. The van der Waals surface area contributed by atoms with Gasteiger partial charge in [0.2, 0.25) is 5.91 Å². The van der Waals surface area contributed by atoms with Gasteiger partial charge < -0.3 is 15.1 Å². The Morgan fingerprint density at radius 2 is 2.29 bits per heavy atom. The fourth-order valence-electron chi connectivity index (χ4n) is 1.27. The van der Waals surface area contributed by atoms with Crippen molar-refractivity contribution in [3.8, 4) is 0 Å². The summed E-state index contributed by atoms with van der Waals surface area (Å²) in [4.78, 5) is 11.7. The lowest BCUT2D eigenvalue weighted by molar-refractivity contribution is -0.122. The van der Waals surface area contributed by atoms with Crippen molar-refractivity contribution in [2.24, 2.45) is 0 Å². The summed E-state index contributed by atoms with van der Waals surface area (Å²) >= 11 is 0. The molecule has 0 spiro atoms. The molecule has 4 nitrogen and oxygen atoms in total. The molecule has 2 N–H and O–H groups in total. The highest BCUT2D eigenvalue weighted by Gasteiger charge is 2.10. The van der Waals surface area contributed by atoms with Gasteiger partial charge in [0.1, 0.15) is 5.76 Å². The van der Waals surface area contributed by atoms with E-state index in [1.54, 1.807) is 12.3 Å².